The molecule has 0 radical (unpaired) electrons. The summed E-state index contributed by atoms with van der Waals surface area (Å²) in [5.41, 5.74) is 3.62. The number of carbonyl (C=O) groups excluding carboxylic acids is 1. The van der Waals surface area contributed by atoms with Crippen LogP contribution < -0.4 is 10.2 Å². The standard InChI is InChI=1S/C20H19N5O/c1-14-12-16-4-2-3-5-18(16)25(14)19(26)17-8-11-22-20(24-17)23-13-15-6-9-21-10-7-15/h2-11,14H,12-13H2,1H3,(H,22,23,24). The first-order valence-electron chi connectivity index (χ1n) is 8.59. The lowest BCUT2D eigenvalue weighted by atomic mass is 10.1. The van der Waals surface area contributed by atoms with E-state index in [-0.39, 0.29) is 11.9 Å². The number of pyridine rings is 1. The second-order valence-corrected chi connectivity index (χ2v) is 6.33. The van der Waals surface area contributed by atoms with Crippen molar-refractivity contribution in [3.8, 4) is 0 Å². The number of fused-ring (bicyclic) bond motifs is 1. The molecule has 1 atom stereocenters. The number of hydrogen-bond donors (Lipinski definition) is 1. The second-order valence-electron chi connectivity index (χ2n) is 6.33. The molecule has 1 N–H and O–H groups in total. The third kappa shape index (κ3) is 3.13. The molecular formula is C20H19N5O. The number of anilines is 2. The molecule has 1 aliphatic heterocycles. The number of benzene rings is 1. The van der Waals surface area contributed by atoms with E-state index in [1.807, 2.05) is 35.2 Å². The van der Waals surface area contributed by atoms with Crippen molar-refractivity contribution in [3.05, 3.63) is 77.9 Å². The average Bonchev–Trinajstić information content (AvgIpc) is 3.02. The van der Waals surface area contributed by atoms with Crippen molar-refractivity contribution >= 4 is 17.5 Å². The number of para-hydroxylation sites is 1. The van der Waals surface area contributed by atoms with Crippen molar-refractivity contribution in [1.29, 1.82) is 0 Å². The highest BCUT2D eigenvalue weighted by Gasteiger charge is 2.31. The summed E-state index contributed by atoms with van der Waals surface area (Å²) in [5.74, 6) is 0.338. The first-order chi connectivity index (χ1) is 12.7. The third-order valence-corrected chi connectivity index (χ3v) is 4.50. The highest BCUT2D eigenvalue weighted by Crippen LogP contribution is 2.32. The van der Waals surface area contributed by atoms with Crippen molar-refractivity contribution < 1.29 is 4.79 Å². The minimum atomic E-state index is -0.100. The molecule has 0 aliphatic carbocycles. The van der Waals surface area contributed by atoms with Gasteiger partial charge in [0.25, 0.3) is 5.91 Å². The molecule has 0 fully saturated rings. The third-order valence-electron chi connectivity index (χ3n) is 4.50. The Kier molecular flexibility index (Phi) is 4.31. The topological polar surface area (TPSA) is 71.0 Å². The summed E-state index contributed by atoms with van der Waals surface area (Å²) >= 11 is 0. The molecule has 0 saturated heterocycles. The van der Waals surface area contributed by atoms with Crippen LogP contribution in [0.1, 0.15) is 28.5 Å². The van der Waals surface area contributed by atoms with Crippen LogP contribution in [0.5, 0.6) is 0 Å². The molecular weight excluding hydrogens is 326 g/mol. The molecule has 0 spiro atoms. The number of hydrogen-bond acceptors (Lipinski definition) is 5. The normalized spacial score (nSPS) is 15.6. The molecule has 2 aromatic heterocycles. The van der Waals surface area contributed by atoms with Gasteiger partial charge in [-0.3, -0.25) is 9.78 Å². The van der Waals surface area contributed by atoms with Crippen molar-refractivity contribution in [2.24, 2.45) is 0 Å². The van der Waals surface area contributed by atoms with E-state index in [2.05, 4.69) is 33.3 Å². The molecule has 1 unspecified atom stereocenters. The van der Waals surface area contributed by atoms with Gasteiger partial charge in [0.2, 0.25) is 5.95 Å². The van der Waals surface area contributed by atoms with Gasteiger partial charge in [-0.15, -0.1) is 0 Å². The van der Waals surface area contributed by atoms with E-state index < -0.39 is 0 Å². The van der Waals surface area contributed by atoms with Crippen LogP contribution in [0.15, 0.2) is 61.1 Å². The fraction of sp³-hybridized carbons (Fsp3) is 0.200. The first-order valence-corrected chi connectivity index (χ1v) is 8.59. The monoisotopic (exact) mass is 345 g/mol. The molecule has 130 valence electrons. The molecule has 0 bridgehead atoms. The van der Waals surface area contributed by atoms with E-state index in [1.165, 1.54) is 5.56 Å². The number of aromatic nitrogens is 3. The lowest BCUT2D eigenvalue weighted by Crippen LogP contribution is -2.36. The van der Waals surface area contributed by atoms with E-state index in [4.69, 9.17) is 0 Å². The zero-order valence-electron chi connectivity index (χ0n) is 14.5. The van der Waals surface area contributed by atoms with Crippen molar-refractivity contribution in [3.63, 3.8) is 0 Å². The lowest BCUT2D eigenvalue weighted by Gasteiger charge is -2.22. The van der Waals surface area contributed by atoms with Crippen LogP contribution in [0.4, 0.5) is 11.6 Å². The molecule has 1 aromatic carbocycles. The van der Waals surface area contributed by atoms with Gasteiger partial charge in [-0.1, -0.05) is 18.2 Å². The Labute approximate surface area is 151 Å². The van der Waals surface area contributed by atoms with Gasteiger partial charge < -0.3 is 10.2 Å². The Morgan fingerprint density at radius 2 is 1.96 bits per heavy atom. The molecule has 6 heteroatoms. The zero-order valence-corrected chi connectivity index (χ0v) is 14.5. The minimum Gasteiger partial charge on any atom is -0.350 e. The number of rotatable bonds is 4. The smallest absolute Gasteiger partial charge is 0.277 e. The van der Waals surface area contributed by atoms with E-state index in [0.29, 0.717) is 18.2 Å². The summed E-state index contributed by atoms with van der Waals surface area (Å²) in [7, 11) is 0. The van der Waals surface area contributed by atoms with Gasteiger partial charge in [0.05, 0.1) is 0 Å². The largest absolute Gasteiger partial charge is 0.350 e. The van der Waals surface area contributed by atoms with Crippen molar-refractivity contribution in [1.82, 2.24) is 15.0 Å². The summed E-state index contributed by atoms with van der Waals surface area (Å²) in [6.07, 6.45) is 5.95. The van der Waals surface area contributed by atoms with Crippen LogP contribution in [0.2, 0.25) is 0 Å². The second kappa shape index (κ2) is 6.92. The molecule has 3 aromatic rings. The van der Waals surface area contributed by atoms with E-state index in [9.17, 15) is 4.79 Å². The zero-order chi connectivity index (χ0) is 17.9. The first kappa shape index (κ1) is 16.2. The van der Waals surface area contributed by atoms with Gasteiger partial charge >= 0.3 is 0 Å². The van der Waals surface area contributed by atoms with Gasteiger partial charge in [-0.05, 0) is 48.7 Å². The number of nitrogens with zero attached hydrogens (tertiary/aromatic N) is 4. The van der Waals surface area contributed by atoms with Gasteiger partial charge in [-0.25, -0.2) is 9.97 Å². The van der Waals surface area contributed by atoms with Crippen molar-refractivity contribution in [2.75, 3.05) is 10.2 Å². The van der Waals surface area contributed by atoms with Crippen molar-refractivity contribution in [2.45, 2.75) is 25.9 Å². The summed E-state index contributed by atoms with van der Waals surface area (Å²) in [5, 5.41) is 3.16. The fourth-order valence-corrected chi connectivity index (χ4v) is 3.24. The van der Waals surface area contributed by atoms with Gasteiger partial charge in [0.15, 0.2) is 0 Å². The summed E-state index contributed by atoms with van der Waals surface area (Å²) in [6, 6.07) is 13.6. The molecule has 1 aliphatic rings. The van der Waals surface area contributed by atoms with E-state index in [1.54, 1.807) is 24.7 Å². The summed E-state index contributed by atoms with van der Waals surface area (Å²) in [6.45, 7) is 2.63. The van der Waals surface area contributed by atoms with Crippen LogP contribution in [0, 0.1) is 0 Å². The predicted octanol–water partition coefficient (Wildman–Crippen LogP) is 3.08. The van der Waals surface area contributed by atoms with Crippen LogP contribution in [-0.2, 0) is 13.0 Å². The predicted molar refractivity (Wildman–Crippen MR) is 100 cm³/mol. The number of nitrogens with one attached hydrogen (secondary N) is 1. The maximum absolute atomic E-state index is 13.0. The molecule has 0 saturated carbocycles. The Balaban J connectivity index is 1.54. The van der Waals surface area contributed by atoms with Crippen LogP contribution in [-0.4, -0.2) is 26.9 Å². The molecule has 26 heavy (non-hydrogen) atoms. The SMILES string of the molecule is CC1Cc2ccccc2N1C(=O)c1ccnc(NCc2ccncc2)n1. The van der Waals surface area contributed by atoms with Crippen LogP contribution in [0.3, 0.4) is 0 Å². The number of amides is 1. The molecule has 1 amide bonds. The Morgan fingerprint density at radius 1 is 1.15 bits per heavy atom. The minimum absolute atomic E-state index is 0.100. The van der Waals surface area contributed by atoms with Crippen LogP contribution in [0.25, 0.3) is 0 Å². The Morgan fingerprint density at radius 3 is 2.81 bits per heavy atom. The molecule has 6 nitrogen and oxygen atoms in total. The Hall–Kier alpha value is -3.28. The summed E-state index contributed by atoms with van der Waals surface area (Å²) < 4.78 is 0. The average molecular weight is 345 g/mol. The number of carbonyl (C=O) groups is 1. The maximum atomic E-state index is 13.0. The van der Waals surface area contributed by atoms with E-state index >= 15 is 0 Å². The van der Waals surface area contributed by atoms with Gasteiger partial charge in [0, 0.05) is 36.9 Å². The quantitative estimate of drug-likeness (QED) is 0.787. The highest BCUT2D eigenvalue weighted by atomic mass is 16.2. The van der Waals surface area contributed by atoms with Gasteiger partial charge in [0.1, 0.15) is 5.69 Å². The maximum Gasteiger partial charge on any atom is 0.277 e. The van der Waals surface area contributed by atoms with Crippen LogP contribution >= 0.6 is 0 Å². The highest BCUT2D eigenvalue weighted by molar-refractivity contribution is 6.06. The summed E-state index contributed by atoms with van der Waals surface area (Å²) in [4.78, 5) is 27.5. The van der Waals surface area contributed by atoms with Gasteiger partial charge in [-0.2, -0.15) is 0 Å². The van der Waals surface area contributed by atoms with E-state index in [0.717, 1.165) is 17.7 Å². The molecule has 4 rings (SSSR count). The Bertz CT molecular complexity index is 928. The fourth-order valence-electron chi connectivity index (χ4n) is 3.24. The molecule has 3 heterocycles. The lowest BCUT2D eigenvalue weighted by molar-refractivity contribution is 0.0976.